The molecule has 0 aliphatic heterocycles. The maximum Gasteiger partial charge on any atom is 0.407 e. The second-order valence-electron chi connectivity index (χ2n) is 12.2. The highest BCUT2D eigenvalue weighted by atomic mass is 16.6. The number of hydrogen-bond donors (Lipinski definition) is 5. The van der Waals surface area contributed by atoms with Crippen LogP contribution in [0, 0.1) is 5.92 Å². The molecule has 0 saturated heterocycles. The van der Waals surface area contributed by atoms with Crippen molar-refractivity contribution in [3.05, 3.63) is 108 Å². The van der Waals surface area contributed by atoms with Crippen molar-refractivity contribution in [2.45, 2.75) is 84.0 Å². The Balaban J connectivity index is 1.85. The highest BCUT2D eigenvalue weighted by molar-refractivity contribution is 5.90. The fraction of sp³-hybridized carbons (Fsp3) is 0.400. The smallest absolute Gasteiger partial charge is 0.407 e. The molecule has 44 heavy (non-hydrogen) atoms. The van der Waals surface area contributed by atoms with Gasteiger partial charge in [-0.2, -0.15) is 0 Å². The minimum absolute atomic E-state index is 0.235. The van der Waals surface area contributed by atoms with E-state index in [9.17, 15) is 19.5 Å². The lowest BCUT2D eigenvalue weighted by Crippen LogP contribution is -2.62. The number of carbonyl (C=O) groups excluding carboxylic acids is 3. The fourth-order valence-corrected chi connectivity index (χ4v) is 4.68. The second-order valence-corrected chi connectivity index (χ2v) is 12.2. The van der Waals surface area contributed by atoms with Crippen molar-refractivity contribution in [3.63, 3.8) is 0 Å². The summed E-state index contributed by atoms with van der Waals surface area (Å²) in [7, 11) is 0. The van der Waals surface area contributed by atoms with Crippen LogP contribution in [0.2, 0.25) is 0 Å². The zero-order valence-corrected chi connectivity index (χ0v) is 26.2. The van der Waals surface area contributed by atoms with E-state index in [1.165, 1.54) is 0 Å². The number of ether oxygens (including phenoxy) is 1. The SMILES string of the molecule is CC(C)[C@H](NC(=O)[C@H](NCc1ccccc1)[C@H](O)[C@H](Cc1ccccc1)NC(=O)OC(C)(C)C)C(=O)NCc1ccccc1. The molecule has 0 heterocycles. The number of aliphatic hydroxyl groups excluding tert-OH is 1. The summed E-state index contributed by atoms with van der Waals surface area (Å²) in [6.07, 6.45) is -1.85. The van der Waals surface area contributed by atoms with Gasteiger partial charge in [-0.3, -0.25) is 14.9 Å². The minimum atomic E-state index is -1.38. The first-order valence-electron chi connectivity index (χ1n) is 15.0. The number of alkyl carbamates (subject to hydrolysis) is 1. The number of amides is 3. The van der Waals surface area contributed by atoms with E-state index < -0.39 is 41.8 Å². The van der Waals surface area contributed by atoms with Gasteiger partial charge in [0.25, 0.3) is 0 Å². The lowest BCUT2D eigenvalue weighted by atomic mass is 9.94. The molecule has 0 radical (unpaired) electrons. The highest BCUT2D eigenvalue weighted by Crippen LogP contribution is 2.14. The average Bonchev–Trinajstić information content (AvgIpc) is 2.98. The first-order chi connectivity index (χ1) is 20.9. The quantitative estimate of drug-likeness (QED) is 0.189. The van der Waals surface area contributed by atoms with Crippen molar-refractivity contribution < 1.29 is 24.2 Å². The standard InChI is InChI=1S/C35H46N4O5/c1-24(2)29(32(41)37-23-27-19-13-8-14-20-27)39-33(42)30(36-22-26-17-11-7-12-18-26)31(40)28(21-25-15-9-6-10-16-25)38-34(43)44-35(3,4)5/h6-20,24,28-31,36,40H,21-23H2,1-5H3,(H,37,41)(H,38,43)(H,39,42)/t28-,29-,30+,31+/m0/s1. The zero-order chi connectivity index (χ0) is 32.1. The zero-order valence-electron chi connectivity index (χ0n) is 26.2. The van der Waals surface area contributed by atoms with Gasteiger partial charge in [-0.25, -0.2) is 4.79 Å². The molecule has 0 unspecified atom stereocenters. The van der Waals surface area contributed by atoms with Gasteiger partial charge < -0.3 is 25.8 Å². The molecule has 3 aromatic rings. The molecule has 5 N–H and O–H groups in total. The normalized spacial score (nSPS) is 14.2. The molecule has 0 aromatic heterocycles. The lowest BCUT2D eigenvalue weighted by molar-refractivity contribution is -0.133. The third-order valence-electron chi connectivity index (χ3n) is 6.96. The Morgan fingerprint density at radius 2 is 1.20 bits per heavy atom. The first-order valence-corrected chi connectivity index (χ1v) is 15.0. The molecule has 0 spiro atoms. The lowest BCUT2D eigenvalue weighted by Gasteiger charge is -2.33. The maximum absolute atomic E-state index is 13.9. The van der Waals surface area contributed by atoms with Gasteiger partial charge in [-0.1, -0.05) is 105 Å². The number of rotatable bonds is 14. The van der Waals surface area contributed by atoms with Gasteiger partial charge in [0, 0.05) is 13.1 Å². The predicted octanol–water partition coefficient (Wildman–Crippen LogP) is 4.10. The summed E-state index contributed by atoms with van der Waals surface area (Å²) in [6, 6.07) is 25.4. The van der Waals surface area contributed by atoms with Crippen molar-refractivity contribution >= 4 is 17.9 Å². The third kappa shape index (κ3) is 11.5. The number of hydrogen-bond acceptors (Lipinski definition) is 6. The van der Waals surface area contributed by atoms with Crippen molar-refractivity contribution in [1.82, 2.24) is 21.3 Å². The van der Waals surface area contributed by atoms with Crippen molar-refractivity contribution in [1.29, 1.82) is 0 Å². The van der Waals surface area contributed by atoms with Crippen LogP contribution in [0.4, 0.5) is 4.79 Å². The van der Waals surface area contributed by atoms with Gasteiger partial charge >= 0.3 is 6.09 Å². The van der Waals surface area contributed by atoms with Crippen LogP contribution in [0.5, 0.6) is 0 Å². The van der Waals surface area contributed by atoms with Gasteiger partial charge in [0.05, 0.1) is 12.1 Å². The molecule has 236 valence electrons. The van der Waals surface area contributed by atoms with Crippen LogP contribution in [0.25, 0.3) is 0 Å². The van der Waals surface area contributed by atoms with Crippen LogP contribution in [-0.2, 0) is 33.8 Å². The van der Waals surface area contributed by atoms with E-state index in [4.69, 9.17) is 4.74 Å². The summed E-state index contributed by atoms with van der Waals surface area (Å²) in [6.45, 7) is 9.53. The van der Waals surface area contributed by atoms with Crippen molar-refractivity contribution in [2.24, 2.45) is 5.92 Å². The topological polar surface area (TPSA) is 129 Å². The van der Waals surface area contributed by atoms with Crippen LogP contribution in [-0.4, -0.2) is 52.8 Å². The monoisotopic (exact) mass is 602 g/mol. The molecule has 0 bridgehead atoms. The molecule has 0 aliphatic carbocycles. The van der Waals surface area contributed by atoms with E-state index in [0.29, 0.717) is 6.54 Å². The summed E-state index contributed by atoms with van der Waals surface area (Å²) in [4.78, 5) is 40.0. The Labute approximate surface area is 260 Å². The van der Waals surface area contributed by atoms with Crippen LogP contribution < -0.4 is 21.3 Å². The minimum Gasteiger partial charge on any atom is -0.444 e. The summed E-state index contributed by atoms with van der Waals surface area (Å²) in [5, 5.41) is 23.5. The Morgan fingerprint density at radius 3 is 1.70 bits per heavy atom. The number of benzene rings is 3. The highest BCUT2D eigenvalue weighted by Gasteiger charge is 2.37. The molecule has 9 nitrogen and oxygen atoms in total. The first kappa shape index (κ1) is 34.3. The second kappa shape index (κ2) is 16.6. The van der Waals surface area contributed by atoms with E-state index in [-0.39, 0.29) is 24.8 Å². The van der Waals surface area contributed by atoms with Gasteiger partial charge in [0.2, 0.25) is 11.8 Å². The van der Waals surface area contributed by atoms with E-state index in [1.807, 2.05) is 105 Å². The Morgan fingerprint density at radius 1 is 0.705 bits per heavy atom. The van der Waals surface area contributed by atoms with Gasteiger partial charge in [0.1, 0.15) is 17.7 Å². The summed E-state index contributed by atoms with van der Waals surface area (Å²) < 4.78 is 5.48. The fourth-order valence-electron chi connectivity index (χ4n) is 4.68. The number of nitrogens with one attached hydrogen (secondary N) is 4. The molecule has 0 saturated carbocycles. The Hall–Kier alpha value is -4.21. The van der Waals surface area contributed by atoms with Gasteiger partial charge in [-0.05, 0) is 49.8 Å². The number of carbonyl (C=O) groups is 3. The van der Waals surface area contributed by atoms with E-state index >= 15 is 0 Å². The summed E-state index contributed by atoms with van der Waals surface area (Å²) >= 11 is 0. The maximum atomic E-state index is 13.9. The van der Waals surface area contributed by atoms with Crippen LogP contribution in [0.15, 0.2) is 91.0 Å². The van der Waals surface area contributed by atoms with E-state index in [0.717, 1.165) is 16.7 Å². The van der Waals surface area contributed by atoms with E-state index in [1.54, 1.807) is 20.8 Å². The average molecular weight is 603 g/mol. The molecular weight excluding hydrogens is 556 g/mol. The van der Waals surface area contributed by atoms with Gasteiger partial charge in [0.15, 0.2) is 0 Å². The molecule has 0 aliphatic rings. The van der Waals surface area contributed by atoms with Crippen molar-refractivity contribution in [2.75, 3.05) is 0 Å². The van der Waals surface area contributed by atoms with Crippen LogP contribution in [0.3, 0.4) is 0 Å². The van der Waals surface area contributed by atoms with Crippen molar-refractivity contribution in [3.8, 4) is 0 Å². The summed E-state index contributed by atoms with van der Waals surface area (Å²) in [5.41, 5.74) is 1.93. The molecule has 9 heteroatoms. The molecule has 4 atom stereocenters. The molecule has 0 fully saturated rings. The summed E-state index contributed by atoms with van der Waals surface area (Å²) in [5.74, 6) is -1.13. The largest absolute Gasteiger partial charge is 0.444 e. The molecular formula is C35H46N4O5. The molecule has 3 rings (SSSR count). The van der Waals surface area contributed by atoms with E-state index in [2.05, 4.69) is 21.3 Å². The molecule has 3 amide bonds. The van der Waals surface area contributed by atoms with Crippen LogP contribution in [0.1, 0.15) is 51.3 Å². The predicted molar refractivity (Wildman–Crippen MR) is 171 cm³/mol. The number of aliphatic hydroxyl groups is 1. The van der Waals surface area contributed by atoms with Gasteiger partial charge in [-0.15, -0.1) is 0 Å². The Bertz CT molecular complexity index is 1310. The Kier molecular flexibility index (Phi) is 12.9. The third-order valence-corrected chi connectivity index (χ3v) is 6.96. The van der Waals surface area contributed by atoms with Crippen LogP contribution >= 0.6 is 0 Å². The molecule has 3 aromatic carbocycles.